The molecule has 0 aliphatic carbocycles. The summed E-state index contributed by atoms with van der Waals surface area (Å²) in [5, 5.41) is 12.0. The highest BCUT2D eigenvalue weighted by molar-refractivity contribution is 5.79. The molecule has 0 aromatic carbocycles. The van der Waals surface area contributed by atoms with Crippen molar-refractivity contribution in [1.29, 1.82) is 0 Å². The van der Waals surface area contributed by atoms with Crippen LogP contribution in [0.5, 0.6) is 0 Å². The van der Waals surface area contributed by atoms with Crippen molar-refractivity contribution in [1.82, 2.24) is 24.8 Å². The Hall–Kier alpha value is -2.19. The number of hydrogen-bond acceptors (Lipinski definition) is 5. The number of aliphatic imine (C=N–C) groups is 1. The van der Waals surface area contributed by atoms with Crippen LogP contribution in [0.2, 0.25) is 0 Å². The van der Waals surface area contributed by atoms with Gasteiger partial charge in [0.2, 0.25) is 0 Å². The fraction of sp³-hybridized carbons (Fsp3) is 0.667. The molecule has 158 valence electrons. The van der Waals surface area contributed by atoms with E-state index in [1.165, 1.54) is 6.42 Å². The first-order valence-electron chi connectivity index (χ1n) is 10.8. The van der Waals surface area contributed by atoms with E-state index in [1.807, 2.05) is 31.4 Å². The average molecular weight is 401 g/mol. The maximum Gasteiger partial charge on any atom is 0.193 e. The zero-order valence-corrected chi connectivity index (χ0v) is 17.3. The minimum absolute atomic E-state index is 0.310. The molecule has 2 saturated heterocycles. The number of aryl methyl sites for hydroxylation is 1. The van der Waals surface area contributed by atoms with Crippen LogP contribution < -0.4 is 5.32 Å². The standard InChI is InChI=1S/C21H32N6O2/c1-22-21(23-11-4-8-20-25-24-19-7-2-3-12-27(19)20)26-13-9-17(10-14-26)29-16-18-6-5-15-28-18/h2-3,7,12,17-18H,4-6,8-11,13-16H2,1H3,(H,22,23). The van der Waals surface area contributed by atoms with Crippen LogP contribution in [0.25, 0.3) is 5.65 Å². The van der Waals surface area contributed by atoms with E-state index in [9.17, 15) is 0 Å². The van der Waals surface area contributed by atoms with Crippen LogP contribution >= 0.6 is 0 Å². The maximum atomic E-state index is 6.08. The zero-order valence-electron chi connectivity index (χ0n) is 17.3. The van der Waals surface area contributed by atoms with Crippen LogP contribution in [0.1, 0.15) is 37.9 Å². The molecule has 2 aromatic rings. The number of ether oxygens (including phenoxy) is 2. The number of nitrogens with zero attached hydrogens (tertiary/aromatic N) is 5. The molecule has 8 heteroatoms. The van der Waals surface area contributed by atoms with Gasteiger partial charge in [-0.15, -0.1) is 10.2 Å². The normalized spacial score (nSPS) is 21.2. The van der Waals surface area contributed by atoms with E-state index in [-0.39, 0.29) is 0 Å². The van der Waals surface area contributed by atoms with Crippen LogP contribution in [0.15, 0.2) is 29.4 Å². The Bertz CT molecular complexity index is 793. The number of likely N-dealkylation sites (tertiary alicyclic amines) is 1. The van der Waals surface area contributed by atoms with Gasteiger partial charge in [-0.3, -0.25) is 9.39 Å². The largest absolute Gasteiger partial charge is 0.376 e. The lowest BCUT2D eigenvalue weighted by molar-refractivity contribution is -0.0367. The predicted molar refractivity (Wildman–Crippen MR) is 112 cm³/mol. The van der Waals surface area contributed by atoms with Gasteiger partial charge in [0.15, 0.2) is 11.6 Å². The molecular weight excluding hydrogens is 368 g/mol. The third-order valence-corrected chi connectivity index (χ3v) is 5.74. The number of rotatable bonds is 7. The fourth-order valence-corrected chi connectivity index (χ4v) is 4.09. The summed E-state index contributed by atoms with van der Waals surface area (Å²) in [6.07, 6.45) is 8.92. The summed E-state index contributed by atoms with van der Waals surface area (Å²) < 4.78 is 13.8. The SMILES string of the molecule is CN=C(NCCCc1nnc2ccccn12)N1CCC(OCC2CCCO2)CC1. The highest BCUT2D eigenvalue weighted by Gasteiger charge is 2.24. The second-order valence-electron chi connectivity index (χ2n) is 7.78. The van der Waals surface area contributed by atoms with Crippen molar-refractivity contribution >= 4 is 11.6 Å². The molecule has 1 unspecified atom stereocenters. The molecule has 0 radical (unpaired) electrons. The monoisotopic (exact) mass is 400 g/mol. The first-order chi connectivity index (χ1) is 14.3. The highest BCUT2D eigenvalue weighted by atomic mass is 16.5. The van der Waals surface area contributed by atoms with Gasteiger partial charge in [-0.1, -0.05) is 6.07 Å². The molecule has 4 heterocycles. The number of guanidine groups is 1. The molecule has 2 aliphatic heterocycles. The Morgan fingerprint density at radius 3 is 2.97 bits per heavy atom. The number of nitrogens with one attached hydrogen (secondary N) is 1. The Morgan fingerprint density at radius 1 is 1.28 bits per heavy atom. The molecule has 1 atom stereocenters. The molecule has 2 fully saturated rings. The number of pyridine rings is 1. The van der Waals surface area contributed by atoms with Crippen molar-refractivity contribution in [3.63, 3.8) is 0 Å². The molecule has 2 aliphatic rings. The van der Waals surface area contributed by atoms with E-state index in [0.717, 1.165) is 82.4 Å². The second-order valence-corrected chi connectivity index (χ2v) is 7.78. The molecule has 29 heavy (non-hydrogen) atoms. The topological polar surface area (TPSA) is 76.3 Å². The molecule has 4 rings (SSSR count). The van der Waals surface area contributed by atoms with Crippen LogP contribution in [-0.4, -0.2) is 77.6 Å². The number of aromatic nitrogens is 3. The van der Waals surface area contributed by atoms with E-state index >= 15 is 0 Å². The van der Waals surface area contributed by atoms with E-state index in [1.54, 1.807) is 0 Å². The first-order valence-corrected chi connectivity index (χ1v) is 10.8. The molecule has 0 saturated carbocycles. The third kappa shape index (κ3) is 5.25. The van der Waals surface area contributed by atoms with E-state index in [0.29, 0.717) is 12.2 Å². The van der Waals surface area contributed by atoms with Crippen molar-refractivity contribution in [3.8, 4) is 0 Å². The van der Waals surface area contributed by atoms with Crippen LogP contribution in [0.4, 0.5) is 0 Å². The van der Waals surface area contributed by atoms with E-state index in [2.05, 4.69) is 29.8 Å². The summed E-state index contributed by atoms with van der Waals surface area (Å²) in [4.78, 5) is 6.80. The van der Waals surface area contributed by atoms with E-state index < -0.39 is 0 Å². The van der Waals surface area contributed by atoms with Gasteiger partial charge >= 0.3 is 0 Å². The van der Waals surface area contributed by atoms with Gasteiger partial charge in [0.05, 0.1) is 18.8 Å². The van der Waals surface area contributed by atoms with Gasteiger partial charge in [-0.05, 0) is 44.2 Å². The summed E-state index contributed by atoms with van der Waals surface area (Å²) in [7, 11) is 1.86. The minimum atomic E-state index is 0.310. The fourth-order valence-electron chi connectivity index (χ4n) is 4.09. The molecule has 8 nitrogen and oxygen atoms in total. The van der Waals surface area contributed by atoms with Crippen molar-refractivity contribution in [2.24, 2.45) is 4.99 Å². The zero-order chi connectivity index (χ0) is 19.9. The van der Waals surface area contributed by atoms with Gasteiger partial charge in [0, 0.05) is 45.9 Å². The van der Waals surface area contributed by atoms with Gasteiger partial charge in [-0.2, -0.15) is 0 Å². The Kier molecular flexibility index (Phi) is 6.95. The average Bonchev–Trinajstić information content (AvgIpc) is 3.43. The Labute approximate surface area is 172 Å². The minimum Gasteiger partial charge on any atom is -0.376 e. The maximum absolute atomic E-state index is 6.08. The molecule has 0 bridgehead atoms. The molecule has 0 spiro atoms. The predicted octanol–water partition coefficient (Wildman–Crippen LogP) is 1.90. The summed E-state index contributed by atoms with van der Waals surface area (Å²) in [5.74, 6) is 1.98. The van der Waals surface area contributed by atoms with Crippen LogP contribution in [0.3, 0.4) is 0 Å². The quantitative estimate of drug-likeness (QED) is 0.435. The van der Waals surface area contributed by atoms with Crippen LogP contribution in [-0.2, 0) is 15.9 Å². The lowest BCUT2D eigenvalue weighted by Crippen LogP contribution is -2.47. The van der Waals surface area contributed by atoms with Crippen molar-refractivity contribution in [2.45, 2.75) is 50.7 Å². The molecule has 2 aromatic heterocycles. The molecule has 0 amide bonds. The first kappa shape index (κ1) is 20.1. The molecule has 1 N–H and O–H groups in total. The van der Waals surface area contributed by atoms with Crippen molar-refractivity contribution in [3.05, 3.63) is 30.2 Å². The second kappa shape index (κ2) is 10.0. The van der Waals surface area contributed by atoms with Gasteiger partial charge in [0.1, 0.15) is 5.82 Å². The number of piperidine rings is 1. The van der Waals surface area contributed by atoms with Gasteiger partial charge in [0.25, 0.3) is 0 Å². The summed E-state index contributed by atoms with van der Waals surface area (Å²) in [6, 6.07) is 5.97. The Morgan fingerprint density at radius 2 is 2.17 bits per heavy atom. The smallest absolute Gasteiger partial charge is 0.193 e. The third-order valence-electron chi connectivity index (χ3n) is 5.74. The summed E-state index contributed by atoms with van der Waals surface area (Å²) in [6.45, 7) is 4.45. The number of hydrogen-bond donors (Lipinski definition) is 1. The lowest BCUT2D eigenvalue weighted by Gasteiger charge is -2.34. The highest BCUT2D eigenvalue weighted by Crippen LogP contribution is 2.17. The summed E-state index contributed by atoms with van der Waals surface area (Å²) >= 11 is 0. The lowest BCUT2D eigenvalue weighted by atomic mass is 10.1. The van der Waals surface area contributed by atoms with E-state index in [4.69, 9.17) is 9.47 Å². The van der Waals surface area contributed by atoms with Gasteiger partial charge < -0.3 is 19.7 Å². The van der Waals surface area contributed by atoms with Crippen LogP contribution in [0, 0.1) is 0 Å². The van der Waals surface area contributed by atoms with Crippen molar-refractivity contribution in [2.75, 3.05) is 39.9 Å². The summed E-state index contributed by atoms with van der Waals surface area (Å²) in [5.41, 5.74) is 0.899. The number of fused-ring (bicyclic) bond motifs is 1. The van der Waals surface area contributed by atoms with Crippen molar-refractivity contribution < 1.29 is 9.47 Å². The Balaban J connectivity index is 1.16. The van der Waals surface area contributed by atoms with Gasteiger partial charge in [-0.25, -0.2) is 0 Å². The molecular formula is C21H32N6O2.